The Labute approximate surface area is 276 Å². The van der Waals surface area contributed by atoms with Crippen molar-refractivity contribution in [2.75, 3.05) is 26.6 Å². The Morgan fingerprint density at radius 3 is 1.53 bits per heavy atom. The van der Waals surface area contributed by atoms with E-state index in [1.165, 1.54) is 27.4 Å². The molecule has 3 aromatic carbocycles. The summed E-state index contributed by atoms with van der Waals surface area (Å²) in [7, 11) is 3.59. The molecule has 0 unspecified atom stereocenters. The molecular formula is C31H28N2O16. The minimum Gasteiger partial charge on any atom is -0.495 e. The number of non-ortho nitro benzene ring substituents is 1. The van der Waals surface area contributed by atoms with Crippen molar-refractivity contribution in [3.05, 3.63) is 75.8 Å². The number of carbonyl (C=O) groups is 6. The fourth-order valence-corrected chi connectivity index (χ4v) is 4.04. The number of hydrogen-bond acceptors (Lipinski definition) is 15. The van der Waals surface area contributed by atoms with Gasteiger partial charge in [0.1, 0.15) is 5.75 Å². The van der Waals surface area contributed by atoms with E-state index < -0.39 is 58.6 Å². The highest BCUT2D eigenvalue weighted by molar-refractivity contribution is 6.02. The second kappa shape index (κ2) is 16.2. The molecule has 0 fully saturated rings. The quantitative estimate of drug-likeness (QED) is 0.107. The minimum absolute atomic E-state index is 0.0754. The first kappa shape index (κ1) is 36.7. The summed E-state index contributed by atoms with van der Waals surface area (Å²) < 4.78 is 35.8. The van der Waals surface area contributed by atoms with Gasteiger partial charge in [-0.25, -0.2) is 14.4 Å². The van der Waals surface area contributed by atoms with E-state index in [0.717, 1.165) is 62.4 Å². The number of nitro benzene ring substituents is 1. The maximum Gasteiger partial charge on any atom is 0.349 e. The van der Waals surface area contributed by atoms with Gasteiger partial charge in [-0.2, -0.15) is 0 Å². The molecule has 0 aliphatic heterocycles. The summed E-state index contributed by atoms with van der Waals surface area (Å²) in [6, 6.07) is 9.79. The normalized spacial score (nSPS) is 11.5. The Morgan fingerprint density at radius 2 is 1.12 bits per heavy atom. The molecule has 0 bridgehead atoms. The number of carboxylic acid groups (broad SMARTS) is 1. The Bertz CT molecular complexity index is 1800. The molecule has 0 spiro atoms. The van der Waals surface area contributed by atoms with E-state index in [4.69, 9.17) is 33.2 Å². The summed E-state index contributed by atoms with van der Waals surface area (Å²) in [6.07, 6.45) is -4.97. The summed E-state index contributed by atoms with van der Waals surface area (Å²) >= 11 is 0. The van der Waals surface area contributed by atoms with E-state index in [2.05, 4.69) is 5.32 Å². The van der Waals surface area contributed by atoms with Gasteiger partial charge in [-0.05, 0) is 42.5 Å². The van der Waals surface area contributed by atoms with Crippen LogP contribution in [0.1, 0.15) is 34.6 Å². The van der Waals surface area contributed by atoms with Crippen LogP contribution in [0, 0.1) is 10.1 Å². The summed E-state index contributed by atoms with van der Waals surface area (Å²) in [5.74, 6) is -7.89. The number of nitrogens with one attached hydrogen (secondary N) is 1. The maximum absolute atomic E-state index is 13.6. The minimum atomic E-state index is -2.53. The van der Waals surface area contributed by atoms with Crippen LogP contribution in [0.15, 0.2) is 54.6 Å². The van der Waals surface area contributed by atoms with E-state index in [1.54, 1.807) is 0 Å². The van der Waals surface area contributed by atoms with Crippen LogP contribution in [0.3, 0.4) is 0 Å². The number of carboxylic acids is 1. The topological polar surface area (TPSA) is 242 Å². The molecule has 2 atom stereocenters. The lowest BCUT2D eigenvalue weighted by Crippen LogP contribution is -2.48. The van der Waals surface area contributed by atoms with E-state index in [1.807, 2.05) is 0 Å². The molecule has 2 N–H and O–H groups in total. The van der Waals surface area contributed by atoms with Gasteiger partial charge in [0, 0.05) is 26.0 Å². The second-order valence-electron chi connectivity index (χ2n) is 9.54. The van der Waals surface area contributed by atoms with Crippen LogP contribution < -0.4 is 29.0 Å². The van der Waals surface area contributed by atoms with Crippen molar-refractivity contribution < 1.29 is 72.0 Å². The van der Waals surface area contributed by atoms with Gasteiger partial charge in [0.15, 0.2) is 23.0 Å². The fraction of sp³-hybridized carbons (Fsp3) is 0.226. The van der Waals surface area contributed by atoms with Crippen LogP contribution in [0.2, 0.25) is 0 Å². The Hall–Kier alpha value is -6.72. The molecule has 0 saturated heterocycles. The average Bonchev–Trinajstić information content (AvgIpc) is 3.05. The number of hydrogen-bond donors (Lipinski definition) is 2. The lowest BCUT2D eigenvalue weighted by molar-refractivity contribution is -0.384. The summed E-state index contributed by atoms with van der Waals surface area (Å²) in [4.78, 5) is 85.9. The molecule has 0 radical (unpaired) electrons. The third-order valence-electron chi connectivity index (χ3n) is 6.20. The van der Waals surface area contributed by atoms with Gasteiger partial charge in [-0.1, -0.05) is 0 Å². The number of rotatable bonds is 14. The van der Waals surface area contributed by atoms with Crippen molar-refractivity contribution in [3.8, 4) is 28.7 Å². The Kier molecular flexibility index (Phi) is 12.2. The molecule has 258 valence electrons. The molecule has 0 saturated carbocycles. The Balaban J connectivity index is 2.05. The number of nitro groups is 1. The number of amides is 1. The lowest BCUT2D eigenvalue weighted by atomic mass is 10.1. The van der Waals surface area contributed by atoms with Crippen molar-refractivity contribution in [1.29, 1.82) is 0 Å². The highest BCUT2D eigenvalue weighted by Crippen LogP contribution is 2.32. The zero-order valence-corrected chi connectivity index (χ0v) is 26.4. The predicted molar refractivity (Wildman–Crippen MR) is 163 cm³/mol. The molecule has 0 heterocycles. The molecule has 0 aliphatic carbocycles. The van der Waals surface area contributed by atoms with Gasteiger partial charge >= 0.3 is 29.8 Å². The number of methoxy groups -OCH3 is 3. The molecule has 49 heavy (non-hydrogen) atoms. The summed E-state index contributed by atoms with van der Waals surface area (Å²) in [5, 5.41) is 23.7. The largest absolute Gasteiger partial charge is 0.495 e. The van der Waals surface area contributed by atoms with Crippen LogP contribution in [0.25, 0.3) is 0 Å². The van der Waals surface area contributed by atoms with E-state index in [0.29, 0.717) is 0 Å². The van der Waals surface area contributed by atoms with Crippen molar-refractivity contribution in [2.24, 2.45) is 0 Å². The van der Waals surface area contributed by atoms with Crippen molar-refractivity contribution in [3.63, 3.8) is 0 Å². The van der Waals surface area contributed by atoms with Gasteiger partial charge in [-0.15, -0.1) is 0 Å². The lowest BCUT2D eigenvalue weighted by Gasteiger charge is -2.24. The van der Waals surface area contributed by atoms with E-state index in [-0.39, 0.29) is 45.6 Å². The van der Waals surface area contributed by atoms with Crippen molar-refractivity contribution in [2.45, 2.75) is 26.1 Å². The number of aliphatic carboxylic acids is 1. The number of nitrogens with zero attached hydrogens (tertiary/aromatic N) is 1. The molecule has 3 aromatic rings. The number of ether oxygens (including phenoxy) is 7. The van der Waals surface area contributed by atoms with Crippen molar-refractivity contribution >= 4 is 47.1 Å². The molecule has 0 aromatic heterocycles. The maximum atomic E-state index is 13.6. The second-order valence-corrected chi connectivity index (χ2v) is 9.54. The first-order valence-electron chi connectivity index (χ1n) is 13.7. The Morgan fingerprint density at radius 1 is 0.673 bits per heavy atom. The average molecular weight is 685 g/mol. The van der Waals surface area contributed by atoms with Crippen LogP contribution in [0.4, 0.5) is 11.4 Å². The monoisotopic (exact) mass is 684 g/mol. The fourth-order valence-electron chi connectivity index (χ4n) is 4.04. The molecule has 3 rings (SSSR count). The van der Waals surface area contributed by atoms with E-state index in [9.17, 15) is 44.0 Å². The molecule has 18 nitrogen and oxygen atoms in total. The van der Waals surface area contributed by atoms with E-state index >= 15 is 0 Å². The third-order valence-corrected chi connectivity index (χ3v) is 6.20. The van der Waals surface area contributed by atoms with Gasteiger partial charge in [0.25, 0.3) is 11.6 Å². The number of esters is 4. The highest BCUT2D eigenvalue weighted by atomic mass is 16.6. The molecular weight excluding hydrogens is 656 g/mol. The summed E-state index contributed by atoms with van der Waals surface area (Å²) in [6.45, 7) is 2.25. The molecule has 18 heteroatoms. The van der Waals surface area contributed by atoms with Crippen LogP contribution in [0.5, 0.6) is 28.7 Å². The molecule has 0 aliphatic rings. The van der Waals surface area contributed by atoms with Gasteiger partial charge < -0.3 is 43.6 Å². The van der Waals surface area contributed by atoms with Gasteiger partial charge in [0.05, 0.1) is 43.1 Å². The van der Waals surface area contributed by atoms with Crippen LogP contribution in [-0.4, -0.2) is 79.3 Å². The first-order chi connectivity index (χ1) is 23.2. The zero-order valence-electron chi connectivity index (χ0n) is 26.4. The highest BCUT2D eigenvalue weighted by Gasteiger charge is 2.41. The predicted octanol–water partition coefficient (Wildman–Crippen LogP) is 2.95. The number of carbonyl (C=O) groups excluding carboxylic acids is 5. The van der Waals surface area contributed by atoms with Gasteiger partial charge in [0.2, 0.25) is 12.2 Å². The summed E-state index contributed by atoms with van der Waals surface area (Å²) in [5.41, 5.74) is -1.45. The first-order valence-corrected chi connectivity index (χ1v) is 13.7. The van der Waals surface area contributed by atoms with Crippen LogP contribution >= 0.6 is 0 Å². The number of anilines is 1. The van der Waals surface area contributed by atoms with Crippen molar-refractivity contribution in [1.82, 2.24) is 0 Å². The smallest absolute Gasteiger partial charge is 0.349 e. The third kappa shape index (κ3) is 9.41. The van der Waals surface area contributed by atoms with Crippen LogP contribution in [-0.2, 0) is 28.7 Å². The standard InChI is InChI=1S/C31H28N2O16/c1-15(34)46-22-9-6-17(12-24(22)44-4)30(39)48-26(28(36)32-20-14-19(33(41)42)8-11-21(20)43-3)27(29(37)38)49-31(40)18-7-10-23(47-16(2)35)25(13-18)45-5/h6-14,26-27H,1-5H3,(H,32,36)(H,37,38)/t26-,27-/m1/s1. The molecule has 1 amide bonds. The zero-order chi connectivity index (χ0) is 36.4. The number of benzene rings is 3. The SMILES string of the molecule is COc1ccc([N+](=O)[O-])cc1NC(=O)[C@H](OC(=O)c1ccc(OC(C)=O)c(OC)c1)[C@@H](OC(=O)c1ccc(OC(C)=O)c(OC)c1)C(=O)O. The van der Waals surface area contributed by atoms with Gasteiger partial charge in [-0.3, -0.25) is 24.5 Å².